The summed E-state index contributed by atoms with van der Waals surface area (Å²) in [5, 5.41) is 10.4. The number of alkyl halides is 1. The standard InChI is InChI=1S/C16H17BrO2/c1-12(18)15-6-3-7-16(9-15)19-11-14-5-2-4-13(8-14)10-17/h2-9,12,18H,10-11H2,1H3. The zero-order valence-electron chi connectivity index (χ0n) is 10.8. The average molecular weight is 321 g/mol. The summed E-state index contributed by atoms with van der Waals surface area (Å²) >= 11 is 3.44. The Morgan fingerprint density at radius 1 is 1.11 bits per heavy atom. The lowest BCUT2D eigenvalue weighted by Crippen LogP contribution is -1.97. The van der Waals surface area contributed by atoms with Crippen LogP contribution in [0.3, 0.4) is 0 Å². The Hall–Kier alpha value is -1.32. The SMILES string of the molecule is CC(O)c1cccc(OCc2cccc(CBr)c2)c1. The van der Waals surface area contributed by atoms with E-state index in [2.05, 4.69) is 28.1 Å². The summed E-state index contributed by atoms with van der Waals surface area (Å²) in [6.07, 6.45) is -0.472. The van der Waals surface area contributed by atoms with Crippen LogP contribution >= 0.6 is 15.9 Å². The Morgan fingerprint density at radius 3 is 2.58 bits per heavy atom. The van der Waals surface area contributed by atoms with Crippen LogP contribution in [0.4, 0.5) is 0 Å². The molecule has 0 aromatic heterocycles. The summed E-state index contributed by atoms with van der Waals surface area (Å²) in [7, 11) is 0. The minimum atomic E-state index is -0.472. The molecule has 0 amide bonds. The number of ether oxygens (including phenoxy) is 1. The zero-order valence-corrected chi connectivity index (χ0v) is 12.4. The van der Waals surface area contributed by atoms with Crippen molar-refractivity contribution in [3.63, 3.8) is 0 Å². The van der Waals surface area contributed by atoms with Crippen LogP contribution in [0, 0.1) is 0 Å². The maximum Gasteiger partial charge on any atom is 0.120 e. The first kappa shape index (κ1) is 14.1. The van der Waals surface area contributed by atoms with Gasteiger partial charge in [0.25, 0.3) is 0 Å². The third-order valence-electron chi connectivity index (χ3n) is 2.89. The van der Waals surface area contributed by atoms with Crippen molar-refractivity contribution in [2.24, 2.45) is 0 Å². The summed E-state index contributed by atoms with van der Waals surface area (Å²) in [6, 6.07) is 15.8. The quantitative estimate of drug-likeness (QED) is 0.836. The molecule has 0 aliphatic carbocycles. The van der Waals surface area contributed by atoms with Gasteiger partial charge >= 0.3 is 0 Å². The van der Waals surface area contributed by atoms with Crippen molar-refractivity contribution >= 4 is 15.9 Å². The van der Waals surface area contributed by atoms with Crippen LogP contribution in [0.15, 0.2) is 48.5 Å². The molecule has 19 heavy (non-hydrogen) atoms. The number of rotatable bonds is 5. The highest BCUT2D eigenvalue weighted by Gasteiger charge is 2.03. The summed E-state index contributed by atoms with van der Waals surface area (Å²) in [5.74, 6) is 0.780. The highest BCUT2D eigenvalue weighted by atomic mass is 79.9. The Bertz CT molecular complexity index is 538. The van der Waals surface area contributed by atoms with Crippen LogP contribution in [0.25, 0.3) is 0 Å². The minimum Gasteiger partial charge on any atom is -0.489 e. The molecule has 1 N–H and O–H groups in total. The maximum atomic E-state index is 9.54. The molecule has 100 valence electrons. The molecule has 0 saturated carbocycles. The van der Waals surface area contributed by atoms with E-state index in [0.29, 0.717) is 6.61 Å². The Labute approximate surface area is 122 Å². The van der Waals surface area contributed by atoms with E-state index in [9.17, 15) is 5.11 Å². The lowest BCUT2D eigenvalue weighted by Gasteiger charge is -2.10. The molecule has 0 bridgehead atoms. The molecule has 0 radical (unpaired) electrons. The second-order valence-electron chi connectivity index (χ2n) is 4.49. The average Bonchev–Trinajstić information content (AvgIpc) is 2.45. The van der Waals surface area contributed by atoms with Crippen LogP contribution in [-0.2, 0) is 11.9 Å². The van der Waals surface area contributed by atoms with Crippen molar-refractivity contribution < 1.29 is 9.84 Å². The number of aliphatic hydroxyl groups excluding tert-OH is 1. The second kappa shape index (κ2) is 6.73. The Balaban J connectivity index is 2.03. The van der Waals surface area contributed by atoms with Crippen molar-refractivity contribution in [2.75, 3.05) is 0 Å². The van der Waals surface area contributed by atoms with Gasteiger partial charge in [0.1, 0.15) is 12.4 Å². The molecule has 1 unspecified atom stereocenters. The van der Waals surface area contributed by atoms with Crippen LogP contribution in [0.1, 0.15) is 29.7 Å². The normalized spacial score (nSPS) is 12.2. The lowest BCUT2D eigenvalue weighted by atomic mass is 10.1. The van der Waals surface area contributed by atoms with Gasteiger partial charge in [-0.25, -0.2) is 0 Å². The van der Waals surface area contributed by atoms with Gasteiger partial charge in [0, 0.05) is 5.33 Å². The summed E-state index contributed by atoms with van der Waals surface area (Å²) in [6.45, 7) is 2.28. The van der Waals surface area contributed by atoms with E-state index in [1.807, 2.05) is 36.4 Å². The molecule has 1 atom stereocenters. The van der Waals surface area contributed by atoms with Crippen molar-refractivity contribution in [1.29, 1.82) is 0 Å². The lowest BCUT2D eigenvalue weighted by molar-refractivity contribution is 0.198. The molecule has 0 aliphatic heterocycles. The van der Waals surface area contributed by atoms with Crippen molar-refractivity contribution in [3.05, 3.63) is 65.2 Å². The van der Waals surface area contributed by atoms with Crippen LogP contribution in [-0.4, -0.2) is 5.11 Å². The predicted octanol–water partition coefficient (Wildman–Crippen LogP) is 4.21. The van der Waals surface area contributed by atoms with Crippen molar-refractivity contribution in [3.8, 4) is 5.75 Å². The van der Waals surface area contributed by atoms with E-state index in [1.54, 1.807) is 6.92 Å². The van der Waals surface area contributed by atoms with Gasteiger partial charge in [-0.05, 0) is 35.7 Å². The highest BCUT2D eigenvalue weighted by molar-refractivity contribution is 9.08. The van der Waals surface area contributed by atoms with E-state index in [0.717, 1.165) is 22.2 Å². The van der Waals surface area contributed by atoms with Gasteiger partial charge in [-0.1, -0.05) is 52.3 Å². The third-order valence-corrected chi connectivity index (χ3v) is 3.54. The third kappa shape index (κ3) is 4.08. The van der Waals surface area contributed by atoms with Gasteiger partial charge in [0.15, 0.2) is 0 Å². The molecule has 0 spiro atoms. The van der Waals surface area contributed by atoms with Gasteiger partial charge in [-0.3, -0.25) is 0 Å². The molecule has 0 aliphatic rings. The van der Waals surface area contributed by atoms with Gasteiger partial charge < -0.3 is 9.84 Å². The van der Waals surface area contributed by atoms with E-state index < -0.39 is 6.10 Å². The van der Waals surface area contributed by atoms with Gasteiger partial charge in [0.05, 0.1) is 6.10 Å². The zero-order chi connectivity index (χ0) is 13.7. The fourth-order valence-electron chi connectivity index (χ4n) is 1.83. The highest BCUT2D eigenvalue weighted by Crippen LogP contribution is 2.20. The van der Waals surface area contributed by atoms with E-state index in [1.165, 1.54) is 5.56 Å². The first-order valence-electron chi connectivity index (χ1n) is 6.23. The molecule has 2 aromatic carbocycles. The number of aliphatic hydroxyl groups is 1. The molecule has 2 rings (SSSR count). The first-order valence-corrected chi connectivity index (χ1v) is 7.36. The smallest absolute Gasteiger partial charge is 0.120 e. The van der Waals surface area contributed by atoms with Gasteiger partial charge in [0.2, 0.25) is 0 Å². The van der Waals surface area contributed by atoms with Crippen LogP contribution < -0.4 is 4.74 Å². The molecular formula is C16H17BrO2. The van der Waals surface area contributed by atoms with Crippen molar-refractivity contribution in [1.82, 2.24) is 0 Å². The van der Waals surface area contributed by atoms with E-state index in [4.69, 9.17) is 4.74 Å². The number of halogens is 1. The van der Waals surface area contributed by atoms with E-state index >= 15 is 0 Å². The van der Waals surface area contributed by atoms with Gasteiger partial charge in [-0.15, -0.1) is 0 Å². The second-order valence-corrected chi connectivity index (χ2v) is 5.05. The van der Waals surface area contributed by atoms with E-state index in [-0.39, 0.29) is 0 Å². The maximum absolute atomic E-state index is 9.54. The summed E-state index contributed by atoms with van der Waals surface area (Å²) in [4.78, 5) is 0. The monoisotopic (exact) mass is 320 g/mol. The number of hydrogen-bond donors (Lipinski definition) is 1. The van der Waals surface area contributed by atoms with Gasteiger partial charge in [-0.2, -0.15) is 0 Å². The molecule has 2 aromatic rings. The predicted molar refractivity (Wildman–Crippen MR) is 80.5 cm³/mol. The number of benzene rings is 2. The fourth-order valence-corrected chi connectivity index (χ4v) is 2.18. The minimum absolute atomic E-state index is 0.472. The Morgan fingerprint density at radius 2 is 1.84 bits per heavy atom. The number of hydrogen-bond acceptors (Lipinski definition) is 2. The fraction of sp³-hybridized carbons (Fsp3) is 0.250. The summed E-state index contributed by atoms with van der Waals surface area (Å²) < 4.78 is 5.76. The molecular weight excluding hydrogens is 304 g/mol. The molecule has 0 heterocycles. The largest absolute Gasteiger partial charge is 0.489 e. The summed E-state index contributed by atoms with van der Waals surface area (Å²) in [5.41, 5.74) is 3.24. The Kier molecular flexibility index (Phi) is 5.00. The molecule has 2 nitrogen and oxygen atoms in total. The van der Waals surface area contributed by atoms with Crippen LogP contribution in [0.2, 0.25) is 0 Å². The van der Waals surface area contributed by atoms with Crippen LogP contribution in [0.5, 0.6) is 5.75 Å². The molecule has 3 heteroatoms. The molecule has 0 saturated heterocycles. The molecule has 0 fully saturated rings. The van der Waals surface area contributed by atoms with Crippen molar-refractivity contribution in [2.45, 2.75) is 25.0 Å². The topological polar surface area (TPSA) is 29.5 Å². The first-order chi connectivity index (χ1) is 9.19.